The molecule has 2 N–H and O–H groups in total. The summed E-state index contributed by atoms with van der Waals surface area (Å²) >= 11 is 0. The number of carboxylic acids is 1. The minimum atomic E-state index is -1.05. The van der Waals surface area contributed by atoms with Gasteiger partial charge in [0.25, 0.3) is 5.91 Å². The molecule has 1 unspecified atom stereocenters. The summed E-state index contributed by atoms with van der Waals surface area (Å²) in [5, 5.41) is 16.0. The van der Waals surface area contributed by atoms with Crippen molar-refractivity contribution in [3.63, 3.8) is 0 Å². The van der Waals surface area contributed by atoms with Crippen LogP contribution in [0.2, 0.25) is 0 Å². The number of hydrogen-bond donors (Lipinski definition) is 2. The van der Waals surface area contributed by atoms with E-state index < -0.39 is 36.0 Å². The van der Waals surface area contributed by atoms with Gasteiger partial charge in [0.05, 0.1) is 18.3 Å². The summed E-state index contributed by atoms with van der Waals surface area (Å²) < 4.78 is 5.24. The molecular weight excluding hydrogens is 434 g/mol. The lowest BCUT2D eigenvalue weighted by Gasteiger charge is -2.45. The Hall–Kier alpha value is -3.39. The third-order valence-corrected chi connectivity index (χ3v) is 5.93. The molecule has 34 heavy (non-hydrogen) atoms. The maximum Gasteiger partial charge on any atom is 0.328 e. The summed E-state index contributed by atoms with van der Waals surface area (Å²) in [6.07, 6.45) is 2.10. The third kappa shape index (κ3) is 6.35. The lowest BCUT2D eigenvalue weighted by molar-refractivity contribution is -0.154. The Balaban J connectivity index is 1.79. The zero-order valence-corrected chi connectivity index (χ0v) is 19.7. The van der Waals surface area contributed by atoms with Gasteiger partial charge in [0.1, 0.15) is 6.04 Å². The molecule has 1 saturated heterocycles. The Morgan fingerprint density at radius 3 is 2.35 bits per heavy atom. The van der Waals surface area contributed by atoms with Crippen LogP contribution in [0.15, 0.2) is 60.7 Å². The van der Waals surface area contributed by atoms with Gasteiger partial charge < -0.3 is 9.84 Å². The monoisotopic (exact) mass is 467 g/mol. The highest BCUT2D eigenvalue weighted by Crippen LogP contribution is 2.26. The molecule has 1 heterocycles. The number of para-hydroxylation sites is 1. The summed E-state index contributed by atoms with van der Waals surface area (Å²) in [6, 6.07) is 16.6. The van der Waals surface area contributed by atoms with E-state index in [4.69, 9.17) is 4.74 Å². The first-order chi connectivity index (χ1) is 16.4. The van der Waals surface area contributed by atoms with E-state index in [1.54, 1.807) is 18.9 Å². The number of carbonyl (C=O) groups is 3. The van der Waals surface area contributed by atoms with Gasteiger partial charge in [-0.05, 0) is 57.2 Å². The fraction of sp³-hybridized carbons (Fsp3) is 0.423. The zero-order valence-electron chi connectivity index (χ0n) is 19.7. The van der Waals surface area contributed by atoms with Gasteiger partial charge in [-0.25, -0.2) is 9.80 Å². The van der Waals surface area contributed by atoms with E-state index in [1.807, 2.05) is 60.7 Å². The Bertz CT molecular complexity index is 953. The van der Waals surface area contributed by atoms with E-state index in [9.17, 15) is 19.5 Å². The highest BCUT2D eigenvalue weighted by atomic mass is 16.5. The van der Waals surface area contributed by atoms with Crippen molar-refractivity contribution in [2.24, 2.45) is 0 Å². The second-order valence-corrected chi connectivity index (χ2v) is 8.36. The number of ether oxygens (including phenoxy) is 1. The van der Waals surface area contributed by atoms with Crippen molar-refractivity contribution < 1.29 is 24.2 Å². The summed E-state index contributed by atoms with van der Waals surface area (Å²) in [5.74, 6) is -1.87. The zero-order chi connectivity index (χ0) is 24.5. The van der Waals surface area contributed by atoms with Crippen LogP contribution in [0, 0.1) is 0 Å². The maximum absolute atomic E-state index is 13.6. The number of rotatable bonds is 10. The van der Waals surface area contributed by atoms with Gasteiger partial charge in [0, 0.05) is 6.54 Å². The minimum absolute atomic E-state index is 0.236. The number of esters is 1. The average molecular weight is 468 g/mol. The summed E-state index contributed by atoms with van der Waals surface area (Å²) in [7, 11) is 0. The highest BCUT2D eigenvalue weighted by molar-refractivity contribution is 5.89. The molecule has 0 radical (unpaired) electrons. The Morgan fingerprint density at radius 1 is 1.09 bits per heavy atom. The predicted octanol–water partition coefficient (Wildman–Crippen LogP) is 3.03. The first-order valence-electron chi connectivity index (χ1n) is 11.8. The van der Waals surface area contributed by atoms with Crippen LogP contribution in [0.3, 0.4) is 0 Å². The van der Waals surface area contributed by atoms with Crippen molar-refractivity contribution in [2.45, 2.75) is 57.7 Å². The topological polar surface area (TPSA) is 99.2 Å². The molecule has 0 spiro atoms. The molecule has 0 saturated carbocycles. The quantitative estimate of drug-likeness (QED) is 0.518. The molecule has 2 aromatic carbocycles. The Kier molecular flexibility index (Phi) is 9.04. The SMILES string of the molecule is CCOC(=O)[C@H](CCc1ccccc1)N[C@@H](C)C(=O)N1C(C(=O)O)CCCN1c1ccccc1. The lowest BCUT2D eigenvalue weighted by atomic mass is 10.0. The summed E-state index contributed by atoms with van der Waals surface area (Å²) in [4.78, 5) is 38.3. The molecule has 3 atom stereocenters. The van der Waals surface area contributed by atoms with Crippen molar-refractivity contribution >= 4 is 23.5 Å². The number of aryl methyl sites for hydroxylation is 1. The van der Waals surface area contributed by atoms with Crippen LogP contribution in [0.25, 0.3) is 0 Å². The van der Waals surface area contributed by atoms with Gasteiger partial charge in [-0.1, -0.05) is 48.5 Å². The molecule has 1 aliphatic heterocycles. The first-order valence-corrected chi connectivity index (χ1v) is 11.8. The number of carbonyl (C=O) groups excluding carboxylic acids is 2. The summed E-state index contributed by atoms with van der Waals surface area (Å²) in [5.41, 5.74) is 1.83. The van der Waals surface area contributed by atoms with E-state index in [0.717, 1.165) is 11.3 Å². The number of nitrogens with zero attached hydrogens (tertiary/aromatic N) is 2. The standard InChI is InChI=1S/C26H33N3O5/c1-3-34-26(33)22(17-16-20-11-6-4-7-12-20)27-19(2)24(30)29-23(25(31)32)15-10-18-28(29)21-13-8-5-9-14-21/h4-9,11-14,19,22-23,27H,3,10,15-18H2,1-2H3,(H,31,32)/t19-,22-,23?/m0/s1. The Morgan fingerprint density at radius 2 is 1.74 bits per heavy atom. The fourth-order valence-corrected chi connectivity index (χ4v) is 4.23. The largest absolute Gasteiger partial charge is 0.480 e. The van der Waals surface area contributed by atoms with Crippen LogP contribution in [0.4, 0.5) is 5.69 Å². The Labute approximate surface area is 200 Å². The summed E-state index contributed by atoms with van der Waals surface area (Å²) in [6.45, 7) is 4.17. The van der Waals surface area contributed by atoms with Gasteiger partial charge in [0.2, 0.25) is 0 Å². The highest BCUT2D eigenvalue weighted by Gasteiger charge is 2.40. The molecule has 1 aliphatic rings. The van der Waals surface area contributed by atoms with Crippen LogP contribution in [0.1, 0.15) is 38.7 Å². The number of nitrogens with one attached hydrogen (secondary N) is 1. The van der Waals surface area contributed by atoms with Crippen molar-refractivity contribution in [1.82, 2.24) is 10.3 Å². The number of amides is 1. The van der Waals surface area contributed by atoms with E-state index in [1.165, 1.54) is 5.01 Å². The van der Waals surface area contributed by atoms with Crippen molar-refractivity contribution in [3.05, 3.63) is 66.2 Å². The van der Waals surface area contributed by atoms with E-state index in [-0.39, 0.29) is 6.61 Å². The van der Waals surface area contributed by atoms with Crippen LogP contribution < -0.4 is 10.3 Å². The second kappa shape index (κ2) is 12.2. The number of carboxylic acid groups (broad SMARTS) is 1. The number of hydrogen-bond acceptors (Lipinski definition) is 6. The molecule has 1 fully saturated rings. The van der Waals surface area contributed by atoms with Crippen molar-refractivity contribution in [2.75, 3.05) is 18.2 Å². The number of anilines is 1. The van der Waals surface area contributed by atoms with Gasteiger partial charge in [0.15, 0.2) is 6.04 Å². The smallest absolute Gasteiger partial charge is 0.328 e. The average Bonchev–Trinajstić information content (AvgIpc) is 2.86. The molecular formula is C26H33N3O5. The molecule has 0 aromatic heterocycles. The second-order valence-electron chi connectivity index (χ2n) is 8.36. The fourth-order valence-electron chi connectivity index (χ4n) is 4.23. The van der Waals surface area contributed by atoms with Crippen molar-refractivity contribution in [1.29, 1.82) is 0 Å². The van der Waals surface area contributed by atoms with Gasteiger partial charge in [-0.2, -0.15) is 0 Å². The van der Waals surface area contributed by atoms with Crippen LogP contribution >= 0.6 is 0 Å². The van der Waals surface area contributed by atoms with Gasteiger partial charge in [-0.3, -0.25) is 19.9 Å². The molecule has 8 heteroatoms. The van der Waals surface area contributed by atoms with Crippen molar-refractivity contribution in [3.8, 4) is 0 Å². The van der Waals surface area contributed by atoms with E-state index in [0.29, 0.717) is 32.2 Å². The van der Waals surface area contributed by atoms with Crippen LogP contribution in [0.5, 0.6) is 0 Å². The normalized spacial score (nSPS) is 17.6. The predicted molar refractivity (Wildman–Crippen MR) is 129 cm³/mol. The molecule has 0 bridgehead atoms. The molecule has 0 aliphatic carbocycles. The van der Waals surface area contributed by atoms with E-state index in [2.05, 4.69) is 5.32 Å². The number of hydrazine groups is 1. The van der Waals surface area contributed by atoms with Gasteiger partial charge in [-0.15, -0.1) is 0 Å². The lowest BCUT2D eigenvalue weighted by Crippen LogP contribution is -2.63. The molecule has 1 amide bonds. The first kappa shape index (κ1) is 25.2. The molecule has 2 aromatic rings. The molecule has 3 rings (SSSR count). The maximum atomic E-state index is 13.6. The van der Waals surface area contributed by atoms with E-state index >= 15 is 0 Å². The van der Waals surface area contributed by atoms with Crippen LogP contribution in [-0.4, -0.2) is 59.2 Å². The van der Waals surface area contributed by atoms with Gasteiger partial charge >= 0.3 is 11.9 Å². The molecule has 182 valence electrons. The number of aliphatic carboxylic acids is 1. The molecule has 8 nitrogen and oxygen atoms in total. The number of benzene rings is 2. The van der Waals surface area contributed by atoms with Crippen LogP contribution in [-0.2, 0) is 25.5 Å². The third-order valence-electron chi connectivity index (χ3n) is 5.93. The minimum Gasteiger partial charge on any atom is -0.480 e.